The zero-order chi connectivity index (χ0) is 51.3. The lowest BCUT2D eigenvalue weighted by molar-refractivity contribution is -0.870. The molecule has 0 bridgehead atoms. The molecule has 0 aliphatic rings. The third kappa shape index (κ3) is 54.8. The topological polar surface area (TPSA) is 111 Å². The van der Waals surface area contributed by atoms with Crippen LogP contribution in [0.25, 0.3) is 0 Å². The molecule has 0 amide bonds. The number of phosphoric acid groups is 1. The number of nitrogens with zero attached hydrogens (tertiary/aromatic N) is 1. The van der Waals surface area contributed by atoms with E-state index in [0.717, 1.165) is 96.3 Å². The van der Waals surface area contributed by atoms with E-state index in [-0.39, 0.29) is 26.1 Å². The first kappa shape index (κ1) is 67.5. The Morgan fingerprint density at radius 3 is 1.23 bits per heavy atom. The molecule has 0 saturated heterocycles. The minimum Gasteiger partial charge on any atom is -0.756 e. The van der Waals surface area contributed by atoms with E-state index in [1.807, 2.05) is 21.1 Å². The lowest BCUT2D eigenvalue weighted by Gasteiger charge is -2.28. The highest BCUT2D eigenvalue weighted by atomic mass is 31.2. The fraction of sp³-hybridized carbons (Fsp3) is 0.767. The highest BCUT2D eigenvalue weighted by Crippen LogP contribution is 2.38. The molecule has 0 rings (SSSR count). The molecule has 0 fully saturated rings. The van der Waals surface area contributed by atoms with Gasteiger partial charge in [0.25, 0.3) is 7.82 Å². The Morgan fingerprint density at radius 1 is 0.457 bits per heavy atom. The van der Waals surface area contributed by atoms with Crippen molar-refractivity contribution in [3.05, 3.63) is 72.9 Å². The van der Waals surface area contributed by atoms with Gasteiger partial charge in [0, 0.05) is 12.8 Å². The quantitative estimate of drug-likeness (QED) is 0.0195. The number of carbonyl (C=O) groups is 2. The SMILES string of the molecule is CC/C=C\C/C=C\C/C=C\C/C=C\C/C=C\CCCCCCCCCCCCCCCCCCCCCC(=O)OC(COC(=O)CCCCCCC/C=C\CCCC)COP(=O)([O-])OCC[N+](C)(C)C. The zero-order valence-corrected chi connectivity index (χ0v) is 46.8. The number of ether oxygens (including phenoxy) is 2. The van der Waals surface area contributed by atoms with Gasteiger partial charge in [-0.15, -0.1) is 0 Å². The second-order valence-electron chi connectivity index (χ2n) is 20.3. The summed E-state index contributed by atoms with van der Waals surface area (Å²) >= 11 is 0. The van der Waals surface area contributed by atoms with Crippen LogP contribution in [0, 0.1) is 0 Å². The number of rotatable bonds is 52. The molecule has 0 saturated carbocycles. The summed E-state index contributed by atoms with van der Waals surface area (Å²) in [5.74, 6) is -0.840. The Labute approximate surface area is 431 Å². The number of quaternary nitrogens is 1. The Balaban J connectivity index is 3.97. The van der Waals surface area contributed by atoms with E-state index in [4.69, 9.17) is 18.5 Å². The molecule has 9 nitrogen and oxygen atoms in total. The zero-order valence-electron chi connectivity index (χ0n) is 46.0. The van der Waals surface area contributed by atoms with E-state index in [1.165, 1.54) is 116 Å². The summed E-state index contributed by atoms with van der Waals surface area (Å²) in [5, 5.41) is 0. The second-order valence-corrected chi connectivity index (χ2v) is 21.7. The molecule has 0 aromatic rings. The maximum Gasteiger partial charge on any atom is 0.306 e. The van der Waals surface area contributed by atoms with Crippen LogP contribution < -0.4 is 4.89 Å². The van der Waals surface area contributed by atoms with Gasteiger partial charge in [-0.1, -0.05) is 228 Å². The third-order valence-electron chi connectivity index (χ3n) is 12.2. The molecule has 10 heteroatoms. The summed E-state index contributed by atoms with van der Waals surface area (Å²) in [7, 11) is 1.16. The van der Waals surface area contributed by atoms with Gasteiger partial charge in [-0.3, -0.25) is 14.2 Å². The van der Waals surface area contributed by atoms with Crippen molar-refractivity contribution < 1.29 is 42.1 Å². The van der Waals surface area contributed by atoms with Crippen LogP contribution >= 0.6 is 7.82 Å². The summed E-state index contributed by atoms with van der Waals surface area (Å²) < 4.78 is 34.0. The normalized spacial score (nSPS) is 13.9. The van der Waals surface area contributed by atoms with E-state index in [9.17, 15) is 19.0 Å². The number of phosphoric ester groups is 1. The van der Waals surface area contributed by atoms with Crippen LogP contribution in [-0.4, -0.2) is 70.0 Å². The summed E-state index contributed by atoms with van der Waals surface area (Å²) in [6.07, 6.45) is 66.9. The van der Waals surface area contributed by atoms with Gasteiger partial charge in [0.1, 0.15) is 19.8 Å². The highest BCUT2D eigenvalue weighted by Gasteiger charge is 2.21. The molecule has 2 atom stereocenters. The average molecular weight is 1000 g/mol. The molecule has 2 unspecified atom stereocenters. The summed E-state index contributed by atoms with van der Waals surface area (Å²) in [4.78, 5) is 37.7. The van der Waals surface area contributed by atoms with Crippen molar-refractivity contribution in [3.8, 4) is 0 Å². The van der Waals surface area contributed by atoms with Gasteiger partial charge in [0.2, 0.25) is 0 Å². The minimum absolute atomic E-state index is 0.0326. The monoisotopic (exact) mass is 1000 g/mol. The summed E-state index contributed by atoms with van der Waals surface area (Å²) in [5.41, 5.74) is 0. The molecular weight excluding hydrogens is 894 g/mol. The van der Waals surface area contributed by atoms with Crippen molar-refractivity contribution in [2.45, 2.75) is 251 Å². The van der Waals surface area contributed by atoms with Crippen LogP contribution in [0.4, 0.5) is 0 Å². The smallest absolute Gasteiger partial charge is 0.306 e. The first-order valence-corrected chi connectivity index (χ1v) is 30.1. The van der Waals surface area contributed by atoms with Crippen LogP contribution in [-0.2, 0) is 32.7 Å². The summed E-state index contributed by atoms with van der Waals surface area (Å²) in [6, 6.07) is 0. The fourth-order valence-corrected chi connectivity index (χ4v) is 8.51. The number of esters is 2. The first-order chi connectivity index (χ1) is 34.0. The molecule has 0 aliphatic carbocycles. The molecule has 406 valence electrons. The molecule has 0 radical (unpaired) electrons. The highest BCUT2D eigenvalue weighted by molar-refractivity contribution is 7.45. The summed E-state index contributed by atoms with van der Waals surface area (Å²) in [6.45, 7) is 4.08. The van der Waals surface area contributed by atoms with Crippen LogP contribution in [0.5, 0.6) is 0 Å². The van der Waals surface area contributed by atoms with Crippen LogP contribution in [0.2, 0.25) is 0 Å². The average Bonchev–Trinajstić information content (AvgIpc) is 3.32. The van der Waals surface area contributed by atoms with Gasteiger partial charge in [0.05, 0.1) is 27.7 Å². The molecule has 0 aliphatic heterocycles. The van der Waals surface area contributed by atoms with Crippen LogP contribution in [0.15, 0.2) is 72.9 Å². The van der Waals surface area contributed by atoms with E-state index in [1.54, 1.807) is 0 Å². The molecular formula is C60H108NO8P. The van der Waals surface area contributed by atoms with Gasteiger partial charge < -0.3 is 27.9 Å². The Kier molecular flexibility index (Phi) is 49.5. The molecule has 0 N–H and O–H groups in total. The van der Waals surface area contributed by atoms with Crippen molar-refractivity contribution in [3.63, 3.8) is 0 Å². The number of unbranched alkanes of at least 4 members (excludes halogenated alkanes) is 26. The van der Waals surface area contributed by atoms with Crippen molar-refractivity contribution in [2.75, 3.05) is 47.5 Å². The van der Waals surface area contributed by atoms with Crippen molar-refractivity contribution in [2.24, 2.45) is 0 Å². The Bertz CT molecular complexity index is 1410. The molecule has 0 heterocycles. The molecule has 70 heavy (non-hydrogen) atoms. The van der Waals surface area contributed by atoms with E-state index < -0.39 is 32.5 Å². The number of allylic oxidation sites excluding steroid dienone is 12. The maximum absolute atomic E-state index is 12.8. The second kappa shape index (κ2) is 51.4. The lowest BCUT2D eigenvalue weighted by Crippen LogP contribution is -2.37. The number of hydrogen-bond donors (Lipinski definition) is 0. The number of carbonyl (C=O) groups excluding carboxylic acids is 2. The maximum atomic E-state index is 12.8. The number of likely N-dealkylation sites (N-methyl/N-ethyl adjacent to an activating group) is 1. The molecule has 0 aromatic carbocycles. The van der Waals surface area contributed by atoms with E-state index in [0.29, 0.717) is 17.4 Å². The Morgan fingerprint density at radius 2 is 0.814 bits per heavy atom. The fourth-order valence-electron chi connectivity index (χ4n) is 7.78. The van der Waals surface area contributed by atoms with Gasteiger partial charge in [-0.25, -0.2) is 0 Å². The van der Waals surface area contributed by atoms with Gasteiger partial charge >= 0.3 is 11.9 Å². The minimum atomic E-state index is -4.63. The van der Waals surface area contributed by atoms with Gasteiger partial charge in [0.15, 0.2) is 6.10 Å². The van der Waals surface area contributed by atoms with Gasteiger partial charge in [-0.05, 0) is 77.0 Å². The molecule has 0 aromatic heterocycles. The van der Waals surface area contributed by atoms with Gasteiger partial charge in [-0.2, -0.15) is 0 Å². The first-order valence-electron chi connectivity index (χ1n) is 28.6. The predicted octanol–water partition coefficient (Wildman–Crippen LogP) is 17.1. The standard InChI is InChI=1S/C60H108NO8P/c1-6-8-10-12-14-16-18-19-20-21-22-23-24-25-26-27-28-29-30-31-32-33-34-35-36-37-38-39-40-41-43-45-47-49-51-53-60(63)69-58(57-68-70(64,65)67-55-54-61(3,4)5)56-66-59(62)52-50-48-46-44-42-17-15-13-11-9-7-2/h8,10,13-16,19-20,22-23,25-26,58H,6-7,9,11-12,17-18,21,24,27-57H2,1-5H3/b10-8-,15-13-,16-14-,20-19-,23-22-,26-25-. The van der Waals surface area contributed by atoms with E-state index in [2.05, 4.69) is 86.8 Å². The van der Waals surface area contributed by atoms with Crippen LogP contribution in [0.1, 0.15) is 245 Å². The largest absolute Gasteiger partial charge is 0.756 e. The third-order valence-corrected chi connectivity index (χ3v) is 13.2. The van der Waals surface area contributed by atoms with E-state index >= 15 is 0 Å². The van der Waals surface area contributed by atoms with Crippen molar-refractivity contribution in [1.82, 2.24) is 0 Å². The van der Waals surface area contributed by atoms with Crippen molar-refractivity contribution in [1.29, 1.82) is 0 Å². The predicted molar refractivity (Wildman–Crippen MR) is 296 cm³/mol. The number of hydrogen-bond acceptors (Lipinski definition) is 8. The van der Waals surface area contributed by atoms with Crippen LogP contribution in [0.3, 0.4) is 0 Å². The molecule has 0 spiro atoms. The Hall–Kier alpha value is -2.55. The van der Waals surface area contributed by atoms with Crippen molar-refractivity contribution >= 4 is 19.8 Å². The lowest BCUT2D eigenvalue weighted by atomic mass is 10.0.